The fourth-order valence-corrected chi connectivity index (χ4v) is 1.20. The lowest BCUT2D eigenvalue weighted by atomic mass is 10.1. The van der Waals surface area contributed by atoms with Crippen molar-refractivity contribution < 1.29 is 9.47 Å². The van der Waals surface area contributed by atoms with Crippen LogP contribution in [0, 0.1) is 25.2 Å². The van der Waals surface area contributed by atoms with E-state index in [2.05, 4.69) is 0 Å². The van der Waals surface area contributed by atoms with E-state index in [4.69, 9.17) is 14.7 Å². The number of aryl methyl sites for hydroxylation is 2. The molecule has 15 heavy (non-hydrogen) atoms. The fraction of sp³-hybridized carbons (Fsp3) is 0.417. The first-order valence-corrected chi connectivity index (χ1v) is 4.60. The molecular weight excluding hydrogens is 190 g/mol. The topological polar surface area (TPSA) is 42.2 Å². The summed E-state index contributed by atoms with van der Waals surface area (Å²) in [5, 5.41) is 7.32. The van der Waals surface area contributed by atoms with Crippen molar-refractivity contribution >= 4 is 0 Å². The lowest BCUT2D eigenvalue weighted by molar-refractivity contribution is 0.398. The Morgan fingerprint density at radius 1 is 1.00 bits per heavy atom. The summed E-state index contributed by atoms with van der Waals surface area (Å²) in [4.78, 5) is 0. The van der Waals surface area contributed by atoms with E-state index in [0.717, 1.165) is 22.6 Å². The number of nitrogens with zero attached hydrogens (tertiary/aromatic N) is 1. The van der Waals surface area contributed by atoms with E-state index in [1.807, 2.05) is 26.0 Å². The van der Waals surface area contributed by atoms with Gasteiger partial charge in [0.1, 0.15) is 11.5 Å². The van der Waals surface area contributed by atoms with Gasteiger partial charge < -0.3 is 9.47 Å². The minimum atomic E-state index is 0.910. The van der Waals surface area contributed by atoms with Gasteiger partial charge in [-0.3, -0.25) is 0 Å². The average molecular weight is 207 g/mol. The molecule has 3 nitrogen and oxygen atoms in total. The van der Waals surface area contributed by atoms with E-state index in [0.29, 0.717) is 0 Å². The van der Waals surface area contributed by atoms with E-state index in [-0.39, 0.29) is 0 Å². The molecule has 0 aliphatic heterocycles. The Labute approximate surface area is 91.2 Å². The third kappa shape index (κ3) is 3.90. The van der Waals surface area contributed by atoms with E-state index < -0.39 is 0 Å². The number of benzene rings is 1. The summed E-state index contributed by atoms with van der Waals surface area (Å²) < 4.78 is 10.3. The van der Waals surface area contributed by atoms with Crippen LogP contribution in [0.2, 0.25) is 0 Å². The van der Waals surface area contributed by atoms with Gasteiger partial charge in [0.2, 0.25) is 0 Å². The van der Waals surface area contributed by atoms with Gasteiger partial charge in [-0.25, -0.2) is 0 Å². The summed E-state index contributed by atoms with van der Waals surface area (Å²) in [5.74, 6) is 1.82. The number of rotatable bonds is 2. The number of nitriles is 1. The van der Waals surface area contributed by atoms with Gasteiger partial charge in [0.25, 0.3) is 0 Å². The van der Waals surface area contributed by atoms with Gasteiger partial charge in [-0.15, -0.1) is 0 Å². The first-order chi connectivity index (χ1) is 7.10. The van der Waals surface area contributed by atoms with Gasteiger partial charge in [0, 0.05) is 6.92 Å². The zero-order valence-electron chi connectivity index (χ0n) is 9.92. The van der Waals surface area contributed by atoms with Crippen molar-refractivity contribution in [2.24, 2.45) is 0 Å². The van der Waals surface area contributed by atoms with Crippen LogP contribution in [-0.4, -0.2) is 14.2 Å². The smallest absolute Gasteiger partial charge is 0.122 e. The second-order valence-corrected chi connectivity index (χ2v) is 3.02. The summed E-state index contributed by atoms with van der Waals surface area (Å²) in [6, 6.07) is 5.71. The van der Waals surface area contributed by atoms with E-state index >= 15 is 0 Å². The first-order valence-electron chi connectivity index (χ1n) is 4.60. The molecule has 0 atom stereocenters. The van der Waals surface area contributed by atoms with Crippen molar-refractivity contribution in [3.05, 3.63) is 23.3 Å². The van der Waals surface area contributed by atoms with E-state index in [9.17, 15) is 0 Å². The highest BCUT2D eigenvalue weighted by molar-refractivity contribution is 5.45. The third-order valence-corrected chi connectivity index (χ3v) is 1.91. The molecule has 0 unspecified atom stereocenters. The van der Waals surface area contributed by atoms with E-state index in [1.54, 1.807) is 20.3 Å². The molecule has 0 aliphatic carbocycles. The van der Waals surface area contributed by atoms with Crippen LogP contribution in [0.5, 0.6) is 11.5 Å². The molecule has 0 amide bonds. The molecule has 0 saturated heterocycles. The fourth-order valence-electron chi connectivity index (χ4n) is 1.20. The molecule has 0 spiro atoms. The molecule has 1 rings (SSSR count). The molecule has 1 aromatic rings. The SMILES string of the molecule is CC#N.COc1cc(C)c(OC)cc1C. The second kappa shape index (κ2) is 6.72. The van der Waals surface area contributed by atoms with Crippen LogP contribution in [0.3, 0.4) is 0 Å². The number of hydrogen-bond donors (Lipinski definition) is 0. The summed E-state index contributed by atoms with van der Waals surface area (Å²) in [5.41, 5.74) is 2.19. The normalized spacial score (nSPS) is 8.27. The number of hydrogen-bond acceptors (Lipinski definition) is 3. The maximum atomic E-state index is 7.32. The van der Waals surface area contributed by atoms with Gasteiger partial charge in [-0.1, -0.05) is 0 Å². The van der Waals surface area contributed by atoms with Crippen LogP contribution in [0.15, 0.2) is 12.1 Å². The van der Waals surface area contributed by atoms with Crippen LogP contribution >= 0.6 is 0 Å². The molecule has 0 bridgehead atoms. The van der Waals surface area contributed by atoms with Crippen LogP contribution in [0.1, 0.15) is 18.1 Å². The molecule has 0 radical (unpaired) electrons. The molecule has 0 fully saturated rings. The minimum Gasteiger partial charge on any atom is -0.496 e. The summed E-state index contributed by atoms with van der Waals surface area (Å²) in [6.07, 6.45) is 0. The highest BCUT2D eigenvalue weighted by Gasteiger charge is 2.03. The average Bonchev–Trinajstić information content (AvgIpc) is 2.22. The van der Waals surface area contributed by atoms with Crippen molar-refractivity contribution in [3.8, 4) is 17.6 Å². The largest absolute Gasteiger partial charge is 0.496 e. The molecule has 3 heteroatoms. The second-order valence-electron chi connectivity index (χ2n) is 3.02. The predicted molar refractivity (Wildman–Crippen MR) is 60.3 cm³/mol. The predicted octanol–water partition coefficient (Wildman–Crippen LogP) is 2.85. The minimum absolute atomic E-state index is 0.910. The molecule has 0 heterocycles. The Morgan fingerprint density at radius 2 is 1.27 bits per heavy atom. The van der Waals surface area contributed by atoms with Crippen molar-refractivity contribution in [2.75, 3.05) is 14.2 Å². The van der Waals surface area contributed by atoms with E-state index in [1.165, 1.54) is 6.92 Å². The van der Waals surface area contributed by atoms with Crippen molar-refractivity contribution in [1.82, 2.24) is 0 Å². The molecule has 82 valence electrons. The van der Waals surface area contributed by atoms with Gasteiger partial charge >= 0.3 is 0 Å². The van der Waals surface area contributed by atoms with Crippen LogP contribution in [0.25, 0.3) is 0 Å². The maximum Gasteiger partial charge on any atom is 0.122 e. The Balaban J connectivity index is 0.000000583. The monoisotopic (exact) mass is 207 g/mol. The molecular formula is C12H17NO2. The number of ether oxygens (including phenoxy) is 2. The lowest BCUT2D eigenvalue weighted by Gasteiger charge is -2.09. The Hall–Kier alpha value is -1.69. The molecule has 0 aliphatic rings. The summed E-state index contributed by atoms with van der Waals surface area (Å²) in [7, 11) is 3.35. The molecule has 0 N–H and O–H groups in total. The quantitative estimate of drug-likeness (QED) is 0.748. The van der Waals surface area contributed by atoms with Gasteiger partial charge in [-0.2, -0.15) is 5.26 Å². The lowest BCUT2D eigenvalue weighted by Crippen LogP contribution is -1.92. The summed E-state index contributed by atoms with van der Waals surface area (Å²) >= 11 is 0. The van der Waals surface area contributed by atoms with Gasteiger partial charge in [0.15, 0.2) is 0 Å². The van der Waals surface area contributed by atoms with Crippen molar-refractivity contribution in [1.29, 1.82) is 5.26 Å². The third-order valence-electron chi connectivity index (χ3n) is 1.91. The summed E-state index contributed by atoms with van der Waals surface area (Å²) in [6.45, 7) is 5.43. The number of methoxy groups -OCH3 is 2. The van der Waals surface area contributed by atoms with Gasteiger partial charge in [-0.05, 0) is 37.1 Å². The zero-order valence-corrected chi connectivity index (χ0v) is 9.92. The Bertz CT molecular complexity index is 324. The first kappa shape index (κ1) is 13.3. The van der Waals surface area contributed by atoms with Gasteiger partial charge in [0.05, 0.1) is 20.3 Å². The highest BCUT2D eigenvalue weighted by atomic mass is 16.5. The maximum absolute atomic E-state index is 7.32. The molecule has 0 saturated carbocycles. The Morgan fingerprint density at radius 3 is 1.47 bits per heavy atom. The van der Waals surface area contributed by atoms with Crippen LogP contribution in [-0.2, 0) is 0 Å². The Kier molecular flexibility index (Phi) is 5.96. The standard InChI is InChI=1S/C10H14O2.C2H3N/c1-7-5-10(12-4)8(2)6-9(7)11-3;1-2-3/h5-6H,1-4H3;1H3. The zero-order chi connectivity index (χ0) is 11.8. The van der Waals surface area contributed by atoms with Crippen LogP contribution in [0.4, 0.5) is 0 Å². The van der Waals surface area contributed by atoms with Crippen molar-refractivity contribution in [2.45, 2.75) is 20.8 Å². The highest BCUT2D eigenvalue weighted by Crippen LogP contribution is 2.26. The van der Waals surface area contributed by atoms with Crippen molar-refractivity contribution in [3.63, 3.8) is 0 Å². The van der Waals surface area contributed by atoms with Crippen LogP contribution < -0.4 is 9.47 Å². The molecule has 0 aromatic heterocycles. The molecule has 1 aromatic carbocycles.